The Morgan fingerprint density at radius 2 is 0.762 bits per heavy atom. The third-order valence-corrected chi connectivity index (χ3v) is 5.09. The van der Waals surface area contributed by atoms with Gasteiger partial charge in [-0.2, -0.15) is 0 Å². The third kappa shape index (κ3) is 36.9. The minimum absolute atomic E-state index is 0.410. The SMILES string of the molecule is CNCCOCCOCCOCCOCCOCCOCCOCCCCCOCCOCCNC(=O)OC(C)(C)C. The Labute approximate surface area is 253 Å². The van der Waals surface area contributed by atoms with Gasteiger partial charge in [0.25, 0.3) is 0 Å². The average molecular weight is 613 g/mol. The summed E-state index contributed by atoms with van der Waals surface area (Å²) in [5.41, 5.74) is -0.497. The van der Waals surface area contributed by atoms with Crippen LogP contribution in [0.15, 0.2) is 0 Å². The van der Waals surface area contributed by atoms with Crippen LogP contribution in [0.2, 0.25) is 0 Å². The number of hydrogen-bond acceptors (Lipinski definition) is 12. The molecule has 1 amide bonds. The molecule has 0 aliphatic carbocycles. The molecule has 0 fully saturated rings. The molecule has 0 saturated carbocycles. The number of carbonyl (C=O) groups is 1. The van der Waals surface area contributed by atoms with Crippen molar-refractivity contribution in [1.29, 1.82) is 0 Å². The van der Waals surface area contributed by atoms with Crippen LogP contribution in [0.5, 0.6) is 0 Å². The first kappa shape index (κ1) is 40.9. The van der Waals surface area contributed by atoms with E-state index >= 15 is 0 Å². The predicted molar refractivity (Wildman–Crippen MR) is 159 cm³/mol. The molecule has 0 aliphatic heterocycles. The number of unbranched alkanes of at least 4 members (excludes halogenated alkanes) is 2. The molecule has 0 bridgehead atoms. The van der Waals surface area contributed by atoms with E-state index in [0.717, 1.165) is 25.8 Å². The van der Waals surface area contributed by atoms with E-state index < -0.39 is 11.7 Å². The molecule has 252 valence electrons. The fraction of sp³-hybridized carbons (Fsp3) is 0.966. The van der Waals surface area contributed by atoms with E-state index in [4.69, 9.17) is 47.4 Å². The molecule has 0 aromatic heterocycles. The van der Waals surface area contributed by atoms with E-state index in [0.29, 0.717) is 125 Å². The molecule has 13 heteroatoms. The summed E-state index contributed by atoms with van der Waals surface area (Å²) in [6, 6.07) is 0. The molecular weight excluding hydrogens is 552 g/mol. The van der Waals surface area contributed by atoms with Gasteiger partial charge in [0.1, 0.15) is 5.60 Å². The largest absolute Gasteiger partial charge is 0.444 e. The number of hydrogen-bond donors (Lipinski definition) is 2. The minimum Gasteiger partial charge on any atom is -0.444 e. The number of nitrogens with one attached hydrogen (secondary N) is 2. The molecular formula is C29H60N2O11. The smallest absolute Gasteiger partial charge is 0.407 e. The summed E-state index contributed by atoms with van der Waals surface area (Å²) < 4.78 is 54.4. The highest BCUT2D eigenvalue weighted by Gasteiger charge is 2.15. The lowest BCUT2D eigenvalue weighted by Crippen LogP contribution is -2.34. The Bertz CT molecular complexity index is 554. The highest BCUT2D eigenvalue weighted by atomic mass is 16.6. The van der Waals surface area contributed by atoms with Crippen molar-refractivity contribution in [2.24, 2.45) is 0 Å². The van der Waals surface area contributed by atoms with Gasteiger partial charge >= 0.3 is 6.09 Å². The van der Waals surface area contributed by atoms with E-state index in [1.165, 1.54) is 0 Å². The molecule has 0 saturated heterocycles. The van der Waals surface area contributed by atoms with E-state index in [-0.39, 0.29) is 0 Å². The van der Waals surface area contributed by atoms with Gasteiger partial charge in [-0.3, -0.25) is 0 Å². The lowest BCUT2D eigenvalue weighted by atomic mass is 10.2. The van der Waals surface area contributed by atoms with Gasteiger partial charge in [-0.1, -0.05) is 0 Å². The van der Waals surface area contributed by atoms with Gasteiger partial charge in [0.05, 0.1) is 106 Å². The highest BCUT2D eigenvalue weighted by molar-refractivity contribution is 5.67. The van der Waals surface area contributed by atoms with Crippen molar-refractivity contribution in [3.05, 3.63) is 0 Å². The maximum absolute atomic E-state index is 11.5. The Morgan fingerprint density at radius 3 is 1.10 bits per heavy atom. The lowest BCUT2D eigenvalue weighted by Gasteiger charge is -2.19. The van der Waals surface area contributed by atoms with Gasteiger partial charge in [0.15, 0.2) is 0 Å². The van der Waals surface area contributed by atoms with E-state index in [1.807, 2.05) is 27.8 Å². The quantitative estimate of drug-likeness (QED) is 0.105. The highest BCUT2D eigenvalue weighted by Crippen LogP contribution is 2.06. The predicted octanol–water partition coefficient (Wildman–Crippen LogP) is 2.05. The molecule has 0 aromatic rings. The van der Waals surface area contributed by atoms with E-state index in [2.05, 4.69) is 10.6 Å². The van der Waals surface area contributed by atoms with Crippen LogP contribution in [-0.2, 0) is 47.4 Å². The van der Waals surface area contributed by atoms with Crippen LogP contribution in [0, 0.1) is 0 Å². The Kier molecular flexibility index (Phi) is 31.9. The first-order chi connectivity index (χ1) is 20.5. The summed E-state index contributed by atoms with van der Waals surface area (Å²) in [4.78, 5) is 11.5. The molecule has 0 aliphatic rings. The van der Waals surface area contributed by atoms with Gasteiger partial charge in [-0.25, -0.2) is 4.79 Å². The maximum Gasteiger partial charge on any atom is 0.407 e. The maximum atomic E-state index is 11.5. The van der Waals surface area contributed by atoms with Crippen molar-refractivity contribution < 1.29 is 52.2 Å². The zero-order valence-corrected chi connectivity index (χ0v) is 26.8. The normalized spacial score (nSPS) is 11.7. The van der Waals surface area contributed by atoms with Gasteiger partial charge in [0, 0.05) is 26.3 Å². The van der Waals surface area contributed by atoms with Crippen LogP contribution in [0.4, 0.5) is 4.79 Å². The van der Waals surface area contributed by atoms with Crippen LogP contribution < -0.4 is 10.6 Å². The van der Waals surface area contributed by atoms with Crippen molar-refractivity contribution in [2.45, 2.75) is 45.6 Å². The van der Waals surface area contributed by atoms with Crippen LogP contribution in [0.3, 0.4) is 0 Å². The van der Waals surface area contributed by atoms with Crippen LogP contribution in [0.25, 0.3) is 0 Å². The molecule has 0 rings (SSSR count). The summed E-state index contributed by atoms with van der Waals surface area (Å²) in [5, 5.41) is 5.67. The van der Waals surface area contributed by atoms with Gasteiger partial charge in [-0.15, -0.1) is 0 Å². The first-order valence-corrected chi connectivity index (χ1v) is 15.3. The number of ether oxygens (including phenoxy) is 10. The van der Waals surface area contributed by atoms with Crippen molar-refractivity contribution in [2.75, 3.05) is 139 Å². The molecule has 0 heterocycles. The van der Waals surface area contributed by atoms with Gasteiger partial charge in [-0.05, 0) is 47.1 Å². The number of carbonyl (C=O) groups excluding carboxylic acids is 1. The average Bonchev–Trinajstić information content (AvgIpc) is 2.94. The van der Waals surface area contributed by atoms with Crippen molar-refractivity contribution in [1.82, 2.24) is 10.6 Å². The van der Waals surface area contributed by atoms with Crippen LogP contribution >= 0.6 is 0 Å². The van der Waals surface area contributed by atoms with Crippen molar-refractivity contribution >= 4 is 6.09 Å². The summed E-state index contributed by atoms with van der Waals surface area (Å²) in [7, 11) is 1.90. The van der Waals surface area contributed by atoms with Gasteiger partial charge in [0.2, 0.25) is 0 Å². The molecule has 42 heavy (non-hydrogen) atoms. The Morgan fingerprint density at radius 1 is 0.452 bits per heavy atom. The van der Waals surface area contributed by atoms with Crippen molar-refractivity contribution in [3.8, 4) is 0 Å². The fourth-order valence-corrected chi connectivity index (χ4v) is 3.04. The van der Waals surface area contributed by atoms with Crippen LogP contribution in [-0.4, -0.2) is 151 Å². The second-order valence-corrected chi connectivity index (χ2v) is 10.1. The van der Waals surface area contributed by atoms with E-state index in [1.54, 1.807) is 0 Å². The Hall–Kier alpha value is -1.13. The fourth-order valence-electron chi connectivity index (χ4n) is 3.04. The monoisotopic (exact) mass is 612 g/mol. The molecule has 0 spiro atoms. The summed E-state index contributed by atoms with van der Waals surface area (Å²) in [5.74, 6) is 0. The van der Waals surface area contributed by atoms with Crippen LogP contribution in [0.1, 0.15) is 40.0 Å². The minimum atomic E-state index is -0.497. The summed E-state index contributed by atoms with van der Waals surface area (Å²) in [6.07, 6.45) is 2.59. The molecule has 0 aromatic carbocycles. The zero-order chi connectivity index (χ0) is 30.8. The number of likely N-dealkylation sites (N-methyl/N-ethyl adjacent to an activating group) is 1. The second kappa shape index (κ2) is 32.8. The lowest BCUT2D eigenvalue weighted by molar-refractivity contribution is -0.0204. The standard InChI is InChI=1S/C29H60N2O11/c1-29(2,3)42-28(32)31-9-13-36-16-14-33-10-6-5-7-11-34-15-18-37-20-22-39-24-26-41-27-25-40-23-21-38-19-17-35-12-8-30-4/h30H,5-27H2,1-4H3,(H,31,32). The number of rotatable bonds is 33. The second-order valence-electron chi connectivity index (χ2n) is 10.1. The molecule has 0 unspecified atom stereocenters. The summed E-state index contributed by atoms with van der Waals surface area (Å²) in [6.45, 7) is 16.9. The molecule has 13 nitrogen and oxygen atoms in total. The molecule has 0 radical (unpaired) electrons. The van der Waals surface area contributed by atoms with Crippen molar-refractivity contribution in [3.63, 3.8) is 0 Å². The molecule has 0 atom stereocenters. The zero-order valence-electron chi connectivity index (χ0n) is 26.8. The Balaban J connectivity index is 3.09. The topological polar surface area (TPSA) is 133 Å². The van der Waals surface area contributed by atoms with E-state index in [9.17, 15) is 4.79 Å². The molecule has 2 N–H and O–H groups in total. The van der Waals surface area contributed by atoms with Gasteiger partial charge < -0.3 is 58.0 Å². The number of alkyl carbamates (subject to hydrolysis) is 1. The third-order valence-electron chi connectivity index (χ3n) is 5.09. The number of amides is 1. The summed E-state index contributed by atoms with van der Waals surface area (Å²) >= 11 is 0. The first-order valence-electron chi connectivity index (χ1n) is 15.3.